The van der Waals surface area contributed by atoms with Gasteiger partial charge in [0.25, 0.3) is 0 Å². The van der Waals surface area contributed by atoms with Gasteiger partial charge in [-0.05, 0) is 44.0 Å². The highest BCUT2D eigenvalue weighted by atomic mass is 32.1. The minimum Gasteiger partial charge on any atom is -0.384 e. The molecule has 0 aliphatic heterocycles. The zero-order valence-corrected chi connectivity index (χ0v) is 15.9. The topological polar surface area (TPSA) is 55.3 Å². The Bertz CT molecular complexity index is 1140. The Morgan fingerprint density at radius 2 is 1.59 bits per heavy atom. The molecule has 0 aliphatic rings. The SMILES string of the molecule is Cc1cccc(C)c1Nc1c(-c2c(F)cccc2F)nc2sc(C)c(N)n12. The number of nitrogens with zero attached hydrogens (tertiary/aromatic N) is 2. The first-order valence-electron chi connectivity index (χ1n) is 8.43. The molecule has 0 atom stereocenters. The number of hydrogen-bond acceptors (Lipinski definition) is 4. The highest BCUT2D eigenvalue weighted by molar-refractivity contribution is 7.17. The highest BCUT2D eigenvalue weighted by Gasteiger charge is 2.24. The Labute approximate surface area is 159 Å². The number of aromatic nitrogens is 2. The van der Waals surface area contributed by atoms with Gasteiger partial charge in [-0.15, -0.1) is 0 Å². The third-order valence-electron chi connectivity index (χ3n) is 4.62. The molecule has 0 fully saturated rings. The fourth-order valence-corrected chi connectivity index (χ4v) is 4.07. The zero-order valence-electron chi connectivity index (χ0n) is 15.1. The van der Waals surface area contributed by atoms with E-state index >= 15 is 0 Å². The molecule has 0 spiro atoms. The van der Waals surface area contributed by atoms with Crippen LogP contribution in [0.3, 0.4) is 0 Å². The van der Waals surface area contributed by atoms with Crippen LogP contribution < -0.4 is 11.1 Å². The van der Waals surface area contributed by atoms with Gasteiger partial charge in [0.15, 0.2) is 4.96 Å². The van der Waals surface area contributed by atoms with E-state index in [0.717, 1.165) is 21.7 Å². The summed E-state index contributed by atoms with van der Waals surface area (Å²) in [4.78, 5) is 5.97. The standard InChI is InChI=1S/C20H18F2N4S/c1-10-6-4-7-11(2)16(10)24-19-17(15-13(21)8-5-9-14(15)22)25-20-26(19)18(23)12(3)27-20/h4-9,24H,23H2,1-3H3. The quantitative estimate of drug-likeness (QED) is 0.484. The van der Waals surface area contributed by atoms with E-state index in [2.05, 4.69) is 10.3 Å². The molecule has 2 aromatic heterocycles. The summed E-state index contributed by atoms with van der Waals surface area (Å²) in [6, 6.07) is 9.69. The number of rotatable bonds is 3. The lowest BCUT2D eigenvalue weighted by Gasteiger charge is -2.14. The van der Waals surface area contributed by atoms with Gasteiger partial charge in [0.05, 0.1) is 5.56 Å². The number of hydrogen-bond donors (Lipinski definition) is 2. The summed E-state index contributed by atoms with van der Waals surface area (Å²) in [6.45, 7) is 5.83. The summed E-state index contributed by atoms with van der Waals surface area (Å²) < 4.78 is 30.7. The van der Waals surface area contributed by atoms with Gasteiger partial charge in [0.1, 0.15) is 29.0 Å². The van der Waals surface area contributed by atoms with Crippen molar-refractivity contribution >= 4 is 33.6 Å². The maximum Gasteiger partial charge on any atom is 0.197 e. The first kappa shape index (κ1) is 17.5. The first-order valence-corrected chi connectivity index (χ1v) is 9.25. The first-order chi connectivity index (χ1) is 12.9. The van der Waals surface area contributed by atoms with E-state index in [1.807, 2.05) is 39.0 Å². The van der Waals surface area contributed by atoms with Crippen molar-refractivity contribution in [2.75, 3.05) is 11.1 Å². The molecule has 2 aromatic carbocycles. The molecule has 3 N–H and O–H groups in total. The molecular formula is C20H18F2N4S. The second-order valence-electron chi connectivity index (χ2n) is 6.46. The van der Waals surface area contributed by atoms with Crippen molar-refractivity contribution < 1.29 is 8.78 Å². The van der Waals surface area contributed by atoms with E-state index in [9.17, 15) is 8.78 Å². The summed E-state index contributed by atoms with van der Waals surface area (Å²) in [5.74, 6) is -0.381. The van der Waals surface area contributed by atoms with Crippen molar-refractivity contribution in [3.05, 3.63) is 64.0 Å². The van der Waals surface area contributed by atoms with Crippen LogP contribution in [0.1, 0.15) is 16.0 Å². The lowest BCUT2D eigenvalue weighted by molar-refractivity contribution is 0.589. The molecular weight excluding hydrogens is 366 g/mol. The Morgan fingerprint density at radius 1 is 1.00 bits per heavy atom. The lowest BCUT2D eigenvalue weighted by Crippen LogP contribution is -2.03. The molecule has 0 unspecified atom stereocenters. The number of benzene rings is 2. The summed E-state index contributed by atoms with van der Waals surface area (Å²) in [7, 11) is 0. The molecule has 138 valence electrons. The number of para-hydroxylation sites is 1. The van der Waals surface area contributed by atoms with Crippen LogP contribution >= 0.6 is 11.3 Å². The van der Waals surface area contributed by atoms with E-state index in [1.54, 1.807) is 4.40 Å². The van der Waals surface area contributed by atoms with Gasteiger partial charge in [0, 0.05) is 10.6 Å². The van der Waals surface area contributed by atoms with Gasteiger partial charge in [-0.3, -0.25) is 4.40 Å². The van der Waals surface area contributed by atoms with Crippen molar-refractivity contribution in [1.82, 2.24) is 9.38 Å². The van der Waals surface area contributed by atoms with Crippen LogP contribution in [0.15, 0.2) is 36.4 Å². The van der Waals surface area contributed by atoms with Crippen molar-refractivity contribution in [2.45, 2.75) is 20.8 Å². The van der Waals surface area contributed by atoms with E-state index in [-0.39, 0.29) is 11.3 Å². The maximum atomic E-state index is 14.5. The Balaban J connectivity index is 2.02. The second-order valence-corrected chi connectivity index (χ2v) is 7.64. The number of nitrogens with two attached hydrogens (primary N) is 1. The lowest BCUT2D eigenvalue weighted by atomic mass is 10.1. The number of nitrogen functional groups attached to an aromatic ring is 1. The summed E-state index contributed by atoms with van der Waals surface area (Å²) in [6.07, 6.45) is 0. The van der Waals surface area contributed by atoms with Crippen molar-refractivity contribution in [2.24, 2.45) is 0 Å². The highest BCUT2D eigenvalue weighted by Crippen LogP contribution is 2.39. The van der Waals surface area contributed by atoms with Gasteiger partial charge in [-0.2, -0.15) is 0 Å². The molecule has 2 heterocycles. The molecule has 0 amide bonds. The fraction of sp³-hybridized carbons (Fsp3) is 0.150. The Morgan fingerprint density at radius 3 is 2.22 bits per heavy atom. The number of halogens is 2. The minimum absolute atomic E-state index is 0.167. The van der Waals surface area contributed by atoms with Crippen LogP contribution in [-0.4, -0.2) is 9.38 Å². The summed E-state index contributed by atoms with van der Waals surface area (Å²) in [5.41, 5.74) is 9.16. The zero-order chi connectivity index (χ0) is 19.3. The number of imidazole rings is 1. The third-order valence-corrected chi connectivity index (χ3v) is 5.59. The van der Waals surface area contributed by atoms with E-state index in [0.29, 0.717) is 16.6 Å². The number of nitrogens with one attached hydrogen (secondary N) is 1. The van der Waals surface area contributed by atoms with Crippen LogP contribution in [0, 0.1) is 32.4 Å². The summed E-state index contributed by atoms with van der Waals surface area (Å²) in [5, 5.41) is 3.33. The summed E-state index contributed by atoms with van der Waals surface area (Å²) >= 11 is 1.38. The van der Waals surface area contributed by atoms with Crippen molar-refractivity contribution in [3.8, 4) is 11.3 Å². The molecule has 0 saturated carbocycles. The minimum atomic E-state index is -0.666. The number of anilines is 3. The average molecular weight is 384 g/mol. The molecule has 4 nitrogen and oxygen atoms in total. The van der Waals surface area contributed by atoms with Crippen LogP contribution in [0.5, 0.6) is 0 Å². The van der Waals surface area contributed by atoms with Crippen molar-refractivity contribution in [3.63, 3.8) is 0 Å². The monoisotopic (exact) mass is 384 g/mol. The molecule has 0 radical (unpaired) electrons. The number of fused-ring (bicyclic) bond motifs is 1. The van der Waals surface area contributed by atoms with Gasteiger partial charge >= 0.3 is 0 Å². The van der Waals surface area contributed by atoms with Crippen molar-refractivity contribution in [1.29, 1.82) is 0 Å². The maximum absolute atomic E-state index is 14.5. The second kappa shape index (κ2) is 6.35. The van der Waals surface area contributed by atoms with Gasteiger partial charge in [-0.25, -0.2) is 13.8 Å². The molecule has 4 aromatic rings. The Kier molecular flexibility index (Phi) is 4.11. The number of thiazole rings is 1. The van der Waals surface area contributed by atoms with E-state index in [4.69, 9.17) is 5.73 Å². The predicted molar refractivity (Wildman–Crippen MR) is 107 cm³/mol. The van der Waals surface area contributed by atoms with Gasteiger partial charge in [-0.1, -0.05) is 35.6 Å². The van der Waals surface area contributed by atoms with Gasteiger partial charge < -0.3 is 11.1 Å². The van der Waals surface area contributed by atoms with Crippen LogP contribution in [0.2, 0.25) is 0 Å². The third kappa shape index (κ3) is 2.75. The van der Waals surface area contributed by atoms with E-state index in [1.165, 1.54) is 29.5 Å². The molecule has 27 heavy (non-hydrogen) atoms. The molecule has 0 aliphatic carbocycles. The van der Waals surface area contributed by atoms with Gasteiger partial charge in [0.2, 0.25) is 0 Å². The largest absolute Gasteiger partial charge is 0.384 e. The van der Waals surface area contributed by atoms with Crippen LogP contribution in [0.4, 0.5) is 26.1 Å². The Hall–Kier alpha value is -2.93. The molecule has 0 bridgehead atoms. The predicted octanol–water partition coefficient (Wildman–Crippen LogP) is 5.59. The smallest absolute Gasteiger partial charge is 0.197 e. The fourth-order valence-electron chi connectivity index (χ4n) is 3.18. The average Bonchev–Trinajstić information content (AvgIpc) is 3.08. The molecule has 4 rings (SSSR count). The van der Waals surface area contributed by atoms with Crippen LogP contribution in [-0.2, 0) is 0 Å². The normalized spacial score (nSPS) is 11.3. The molecule has 7 heteroatoms. The van der Waals surface area contributed by atoms with E-state index < -0.39 is 11.6 Å². The van der Waals surface area contributed by atoms with Crippen LogP contribution in [0.25, 0.3) is 16.2 Å². The molecule has 0 saturated heterocycles. The number of aryl methyl sites for hydroxylation is 3.